The molecule has 186 valence electrons. The van der Waals surface area contributed by atoms with E-state index in [0.29, 0.717) is 6.61 Å². The van der Waals surface area contributed by atoms with E-state index in [1.807, 2.05) is 0 Å². The highest BCUT2D eigenvalue weighted by Crippen LogP contribution is 2.38. The Morgan fingerprint density at radius 1 is 0.618 bits per heavy atom. The second kappa shape index (κ2) is 13.4. The largest absolute Gasteiger partial charge is 0.373 e. The zero-order valence-electron chi connectivity index (χ0n) is 21.6. The molecule has 0 amide bonds. The zero-order valence-corrected chi connectivity index (χ0v) is 21.6. The molecule has 0 spiro atoms. The van der Waals surface area contributed by atoms with Crippen molar-refractivity contribution in [2.75, 3.05) is 13.2 Å². The third-order valence-electron chi connectivity index (χ3n) is 8.16. The Bertz CT molecular complexity index is 809. The van der Waals surface area contributed by atoms with Gasteiger partial charge >= 0.3 is 0 Å². The van der Waals surface area contributed by atoms with Crippen LogP contribution < -0.4 is 0 Å². The fourth-order valence-corrected chi connectivity index (χ4v) is 5.82. The number of benzene rings is 2. The lowest BCUT2D eigenvalue weighted by Gasteiger charge is -2.30. The summed E-state index contributed by atoms with van der Waals surface area (Å²) < 4.78 is 12.3. The van der Waals surface area contributed by atoms with E-state index in [1.54, 1.807) is 0 Å². The van der Waals surface area contributed by atoms with Crippen molar-refractivity contribution in [2.24, 2.45) is 5.92 Å². The van der Waals surface area contributed by atoms with Gasteiger partial charge in [0.2, 0.25) is 0 Å². The minimum Gasteiger partial charge on any atom is -0.373 e. The third-order valence-corrected chi connectivity index (χ3v) is 8.16. The first-order valence-electron chi connectivity index (χ1n) is 14.2. The fourth-order valence-electron chi connectivity index (χ4n) is 5.82. The van der Waals surface area contributed by atoms with Crippen molar-refractivity contribution >= 4 is 0 Å². The van der Waals surface area contributed by atoms with Gasteiger partial charge in [0.15, 0.2) is 0 Å². The van der Waals surface area contributed by atoms with Crippen molar-refractivity contribution in [1.29, 1.82) is 0 Å². The van der Waals surface area contributed by atoms with Crippen LogP contribution in [0.2, 0.25) is 0 Å². The Balaban J connectivity index is 1.25. The first-order valence-corrected chi connectivity index (χ1v) is 14.2. The van der Waals surface area contributed by atoms with Gasteiger partial charge in [-0.25, -0.2) is 0 Å². The maximum atomic E-state index is 6.17. The van der Waals surface area contributed by atoms with Crippen molar-refractivity contribution < 1.29 is 9.47 Å². The Labute approximate surface area is 208 Å². The minimum absolute atomic E-state index is 0.0655. The Morgan fingerprint density at radius 3 is 1.85 bits per heavy atom. The molecule has 0 radical (unpaired) electrons. The van der Waals surface area contributed by atoms with Gasteiger partial charge in [0.1, 0.15) is 6.10 Å². The first kappa shape index (κ1) is 25.5. The zero-order chi connectivity index (χ0) is 23.6. The summed E-state index contributed by atoms with van der Waals surface area (Å²) in [5, 5.41) is 0. The molecule has 2 aromatic rings. The molecule has 1 saturated carbocycles. The van der Waals surface area contributed by atoms with E-state index in [4.69, 9.17) is 9.47 Å². The van der Waals surface area contributed by atoms with Crippen molar-refractivity contribution in [3.8, 4) is 11.1 Å². The highest BCUT2D eigenvalue weighted by atomic mass is 16.6. The predicted molar refractivity (Wildman–Crippen MR) is 143 cm³/mol. The maximum Gasteiger partial charge on any atom is 0.106 e. The van der Waals surface area contributed by atoms with Crippen LogP contribution in [-0.2, 0) is 9.47 Å². The minimum atomic E-state index is 0.0655. The number of hydrogen-bond donors (Lipinski definition) is 0. The van der Waals surface area contributed by atoms with Gasteiger partial charge in [0, 0.05) is 0 Å². The van der Waals surface area contributed by atoms with Crippen LogP contribution >= 0.6 is 0 Å². The molecule has 2 aromatic carbocycles. The molecule has 1 saturated heterocycles. The maximum absolute atomic E-state index is 6.17. The van der Waals surface area contributed by atoms with Crippen molar-refractivity contribution in [3.05, 3.63) is 59.7 Å². The lowest BCUT2D eigenvalue weighted by molar-refractivity contribution is -0.137. The predicted octanol–water partition coefficient (Wildman–Crippen LogP) is 9.24. The average molecular weight is 463 g/mol. The third kappa shape index (κ3) is 7.18. The number of ether oxygens (including phenoxy) is 2. The van der Waals surface area contributed by atoms with Crippen molar-refractivity contribution in [3.63, 3.8) is 0 Å². The normalized spacial score (nSPS) is 25.4. The molecule has 34 heavy (non-hydrogen) atoms. The van der Waals surface area contributed by atoms with E-state index in [9.17, 15) is 0 Å². The van der Waals surface area contributed by atoms with Gasteiger partial charge in [0.05, 0.1) is 19.3 Å². The Morgan fingerprint density at radius 2 is 1.26 bits per heavy atom. The molecule has 0 bridgehead atoms. The van der Waals surface area contributed by atoms with Crippen LogP contribution in [0, 0.1) is 5.92 Å². The summed E-state index contributed by atoms with van der Waals surface area (Å²) in [6, 6.07) is 18.3. The van der Waals surface area contributed by atoms with Gasteiger partial charge in [0.25, 0.3) is 0 Å². The monoisotopic (exact) mass is 462 g/mol. The standard InChI is InChI=1S/C32H46O2/c1-3-5-7-8-10-31-23-34-32(24-33-31)30-21-19-29(20-22-30)28-17-15-27(16-18-28)26-13-11-25(12-14-26)9-6-4-2/h15-22,25-26,31-32H,3-14,23-24H2,1-2H3. The van der Waals surface area contributed by atoms with Gasteiger partial charge in [-0.15, -0.1) is 0 Å². The highest BCUT2D eigenvalue weighted by Gasteiger charge is 2.24. The van der Waals surface area contributed by atoms with E-state index >= 15 is 0 Å². The van der Waals surface area contributed by atoms with Gasteiger partial charge < -0.3 is 9.47 Å². The smallest absolute Gasteiger partial charge is 0.106 e. The van der Waals surface area contributed by atoms with E-state index in [2.05, 4.69) is 62.4 Å². The average Bonchev–Trinajstić information content (AvgIpc) is 2.91. The lowest BCUT2D eigenvalue weighted by atomic mass is 9.77. The molecule has 0 N–H and O–H groups in total. The van der Waals surface area contributed by atoms with E-state index < -0.39 is 0 Å². The van der Waals surface area contributed by atoms with Crippen LogP contribution in [0.25, 0.3) is 11.1 Å². The molecule has 4 rings (SSSR count). The SMILES string of the molecule is CCCCCCC1COC(c2ccc(-c3ccc(C4CCC(CCCC)CC4)cc3)cc2)CO1. The summed E-state index contributed by atoms with van der Waals surface area (Å²) in [6.45, 7) is 5.96. The Kier molecular flexibility index (Phi) is 10.1. The van der Waals surface area contributed by atoms with E-state index in [-0.39, 0.29) is 12.2 Å². The van der Waals surface area contributed by atoms with Crippen LogP contribution in [0.4, 0.5) is 0 Å². The second-order valence-corrected chi connectivity index (χ2v) is 10.7. The summed E-state index contributed by atoms with van der Waals surface area (Å²) in [7, 11) is 0. The Hall–Kier alpha value is -1.64. The van der Waals surface area contributed by atoms with Crippen LogP contribution in [-0.4, -0.2) is 19.3 Å². The number of hydrogen-bond acceptors (Lipinski definition) is 2. The van der Waals surface area contributed by atoms with Gasteiger partial charge in [-0.2, -0.15) is 0 Å². The number of unbranched alkanes of at least 4 members (excludes halogenated alkanes) is 4. The molecule has 1 aliphatic carbocycles. The first-order chi connectivity index (χ1) is 16.8. The van der Waals surface area contributed by atoms with Crippen LogP contribution in [0.15, 0.2) is 48.5 Å². The van der Waals surface area contributed by atoms with E-state index in [1.165, 1.54) is 92.9 Å². The molecule has 1 heterocycles. The summed E-state index contributed by atoms with van der Waals surface area (Å²) >= 11 is 0. The fraction of sp³-hybridized carbons (Fsp3) is 0.625. The molecule has 1 aliphatic heterocycles. The molecule has 2 unspecified atom stereocenters. The highest BCUT2D eigenvalue weighted by molar-refractivity contribution is 5.64. The van der Waals surface area contributed by atoms with Crippen LogP contribution in [0.5, 0.6) is 0 Å². The van der Waals surface area contributed by atoms with Gasteiger partial charge in [-0.05, 0) is 66.2 Å². The molecule has 2 aliphatic rings. The quantitative estimate of drug-likeness (QED) is 0.310. The molecule has 2 nitrogen and oxygen atoms in total. The summed E-state index contributed by atoms with van der Waals surface area (Å²) in [6.07, 6.45) is 16.4. The molecule has 2 atom stereocenters. The van der Waals surface area contributed by atoms with Crippen molar-refractivity contribution in [1.82, 2.24) is 0 Å². The number of rotatable bonds is 11. The second-order valence-electron chi connectivity index (χ2n) is 10.7. The van der Waals surface area contributed by atoms with Gasteiger partial charge in [-0.1, -0.05) is 107 Å². The molecular formula is C32H46O2. The van der Waals surface area contributed by atoms with Crippen LogP contribution in [0.1, 0.15) is 114 Å². The summed E-state index contributed by atoms with van der Waals surface area (Å²) in [5.74, 6) is 1.73. The van der Waals surface area contributed by atoms with Crippen molar-refractivity contribution in [2.45, 2.75) is 109 Å². The molecule has 2 fully saturated rings. The summed E-state index contributed by atoms with van der Waals surface area (Å²) in [4.78, 5) is 0. The van der Waals surface area contributed by atoms with Crippen LogP contribution in [0.3, 0.4) is 0 Å². The van der Waals surface area contributed by atoms with Gasteiger partial charge in [-0.3, -0.25) is 0 Å². The molecule has 0 aromatic heterocycles. The topological polar surface area (TPSA) is 18.5 Å². The lowest BCUT2D eigenvalue weighted by Crippen LogP contribution is -2.31. The molecular weight excluding hydrogens is 416 g/mol. The molecule has 2 heteroatoms. The van der Waals surface area contributed by atoms with E-state index in [0.717, 1.165) is 24.9 Å². The summed E-state index contributed by atoms with van der Waals surface area (Å²) in [5.41, 5.74) is 5.35.